The summed E-state index contributed by atoms with van der Waals surface area (Å²) in [6.45, 7) is 1.74. The van der Waals surface area contributed by atoms with Gasteiger partial charge in [-0.1, -0.05) is 6.42 Å². The number of piperidine rings is 1. The molecule has 0 amide bonds. The monoisotopic (exact) mass is 619 g/mol. The lowest BCUT2D eigenvalue weighted by atomic mass is 9.86. The Morgan fingerprint density at radius 1 is 1.02 bits per heavy atom. The fraction of sp³-hybridized carbons (Fsp3) is 0.469. The van der Waals surface area contributed by atoms with E-state index in [1.165, 1.54) is 17.1 Å². The van der Waals surface area contributed by atoms with Gasteiger partial charge in [-0.3, -0.25) is 9.67 Å². The first kappa shape index (κ1) is 30.8. The molecule has 1 aliphatic carbocycles. The molecule has 0 radical (unpaired) electrons. The molecule has 1 saturated carbocycles. The van der Waals surface area contributed by atoms with Crippen molar-refractivity contribution in [2.24, 2.45) is 5.92 Å². The van der Waals surface area contributed by atoms with E-state index in [1.807, 2.05) is 18.2 Å². The molecule has 5 heterocycles. The normalized spacial score (nSPS) is 19.5. The molecule has 238 valence electrons. The summed E-state index contributed by atoms with van der Waals surface area (Å²) in [5.74, 6) is 2.46. The fourth-order valence-corrected chi connectivity index (χ4v) is 5.98. The Bertz CT molecular complexity index is 1540. The van der Waals surface area contributed by atoms with Gasteiger partial charge in [-0.05, 0) is 63.3 Å². The number of nitrogens with zero attached hydrogens (tertiary/aromatic N) is 7. The third kappa shape index (κ3) is 8.08. The van der Waals surface area contributed by atoms with Crippen molar-refractivity contribution in [3.63, 3.8) is 0 Å². The van der Waals surface area contributed by atoms with Crippen LogP contribution in [0.1, 0.15) is 38.5 Å². The molecule has 0 unspecified atom stereocenters. The molecule has 2 fully saturated rings. The number of alkyl halides is 2. The molecule has 3 N–H and O–H groups in total. The van der Waals surface area contributed by atoms with Gasteiger partial charge in [0.05, 0.1) is 23.7 Å². The van der Waals surface area contributed by atoms with E-state index in [9.17, 15) is 13.9 Å². The number of likely N-dealkylation sites (tertiary alicyclic amines) is 1. The van der Waals surface area contributed by atoms with Gasteiger partial charge in [-0.15, -0.1) is 0 Å². The number of anilines is 3. The van der Waals surface area contributed by atoms with Crippen LogP contribution in [0.2, 0.25) is 0 Å². The van der Waals surface area contributed by atoms with Crippen molar-refractivity contribution in [3.8, 4) is 28.4 Å². The van der Waals surface area contributed by atoms with Crippen LogP contribution in [0.25, 0.3) is 22.6 Å². The van der Waals surface area contributed by atoms with Gasteiger partial charge >= 0.3 is 0 Å². The van der Waals surface area contributed by atoms with E-state index in [-0.39, 0.29) is 24.7 Å². The van der Waals surface area contributed by atoms with E-state index in [0.717, 1.165) is 74.3 Å². The van der Waals surface area contributed by atoms with Gasteiger partial charge in [0, 0.05) is 61.6 Å². The smallest absolute Gasteiger partial charge is 0.257 e. The van der Waals surface area contributed by atoms with E-state index < -0.39 is 13.0 Å². The summed E-state index contributed by atoms with van der Waals surface area (Å²) in [5, 5.41) is 20.7. The van der Waals surface area contributed by atoms with Gasteiger partial charge < -0.3 is 25.4 Å². The number of ether oxygens (including phenoxy) is 1. The van der Waals surface area contributed by atoms with Gasteiger partial charge in [0.15, 0.2) is 5.82 Å². The van der Waals surface area contributed by atoms with Crippen LogP contribution in [0.5, 0.6) is 5.75 Å². The molecule has 11 nitrogen and oxygen atoms in total. The summed E-state index contributed by atoms with van der Waals surface area (Å²) in [5.41, 5.74) is 3.03. The number of aromatic nitrogens is 6. The summed E-state index contributed by atoms with van der Waals surface area (Å²) in [7, 11) is 2.13. The van der Waals surface area contributed by atoms with Gasteiger partial charge in [0.25, 0.3) is 6.43 Å². The quantitative estimate of drug-likeness (QED) is 0.205. The maximum atomic E-state index is 12.8. The molecule has 4 aromatic rings. The van der Waals surface area contributed by atoms with Crippen LogP contribution in [-0.2, 0) is 6.54 Å². The van der Waals surface area contributed by atoms with E-state index >= 15 is 0 Å². The highest BCUT2D eigenvalue weighted by molar-refractivity contribution is 5.78. The average molecular weight is 620 g/mol. The summed E-state index contributed by atoms with van der Waals surface area (Å²) >= 11 is 0. The van der Waals surface area contributed by atoms with Crippen molar-refractivity contribution in [2.75, 3.05) is 37.4 Å². The lowest BCUT2D eigenvalue weighted by Gasteiger charge is -2.30. The minimum absolute atomic E-state index is 0.186. The van der Waals surface area contributed by atoms with Crippen molar-refractivity contribution < 1.29 is 18.6 Å². The Balaban J connectivity index is 1.22. The van der Waals surface area contributed by atoms with Crippen molar-refractivity contribution in [1.82, 2.24) is 34.6 Å². The van der Waals surface area contributed by atoms with Crippen molar-refractivity contribution in [2.45, 2.75) is 63.6 Å². The fourth-order valence-electron chi connectivity index (χ4n) is 5.98. The molecular formula is C32H39F2N9O2. The Morgan fingerprint density at radius 2 is 1.89 bits per heavy atom. The van der Waals surface area contributed by atoms with E-state index in [4.69, 9.17) is 9.72 Å². The molecular weight excluding hydrogens is 580 g/mol. The van der Waals surface area contributed by atoms with Crippen LogP contribution >= 0.6 is 0 Å². The van der Waals surface area contributed by atoms with Crippen molar-refractivity contribution >= 4 is 17.3 Å². The average Bonchev–Trinajstić information content (AvgIpc) is 3.51. The zero-order chi connectivity index (χ0) is 31.2. The Hall–Kier alpha value is -4.23. The minimum Gasteiger partial charge on any atom is -0.489 e. The Morgan fingerprint density at radius 3 is 2.67 bits per heavy atom. The number of halogens is 2. The highest BCUT2D eigenvalue weighted by Crippen LogP contribution is 2.34. The van der Waals surface area contributed by atoms with Gasteiger partial charge in [0.1, 0.15) is 30.0 Å². The summed E-state index contributed by atoms with van der Waals surface area (Å²) < 4.78 is 32.9. The topological polar surface area (TPSA) is 126 Å². The van der Waals surface area contributed by atoms with Gasteiger partial charge in [0.2, 0.25) is 0 Å². The molecule has 0 bridgehead atoms. The standard InChI is InChI=1S/C32H39F2N9O2/c1-42-11-8-24(9-12-42)45-25-5-6-27(36-16-25)26-17-37-31(14-28(26)39-23-4-2-3-21(13-23)20-44)40-30-7-10-35-32(41-30)22-15-38-43(18-22)19-29(33)34/h5-7,10,14-18,21,23-24,29,44H,2-4,8-9,11-13,19-20H2,1H3,(H2,35,37,39,40,41)/t21-,23-/m0/s1. The van der Waals surface area contributed by atoms with E-state index in [0.29, 0.717) is 23.0 Å². The zero-order valence-corrected chi connectivity index (χ0v) is 25.3. The van der Waals surface area contributed by atoms with E-state index in [2.05, 4.69) is 42.6 Å². The Labute approximate surface area is 261 Å². The van der Waals surface area contributed by atoms with Crippen LogP contribution in [0.15, 0.2) is 55.2 Å². The SMILES string of the molecule is CN1CCC(Oc2ccc(-c3cnc(Nc4ccnc(-c5cnn(CC(F)F)c5)n4)cc3N[C@H]3CCC[C@H](CO)C3)nc2)CC1. The van der Waals surface area contributed by atoms with Gasteiger partial charge in [-0.2, -0.15) is 5.10 Å². The summed E-state index contributed by atoms with van der Waals surface area (Å²) in [6, 6.07) is 7.78. The zero-order valence-electron chi connectivity index (χ0n) is 25.3. The van der Waals surface area contributed by atoms with Crippen LogP contribution in [0.4, 0.5) is 26.1 Å². The third-order valence-electron chi connectivity index (χ3n) is 8.41. The Kier molecular flexibility index (Phi) is 9.75. The number of hydrogen-bond donors (Lipinski definition) is 3. The van der Waals surface area contributed by atoms with Crippen LogP contribution in [0.3, 0.4) is 0 Å². The predicted octanol–water partition coefficient (Wildman–Crippen LogP) is 5.24. The highest BCUT2D eigenvalue weighted by atomic mass is 19.3. The molecule has 1 saturated heterocycles. The second kappa shape index (κ2) is 14.2. The number of rotatable bonds is 11. The second-order valence-corrected chi connectivity index (χ2v) is 11.9. The van der Waals surface area contributed by atoms with Crippen molar-refractivity contribution in [3.05, 3.63) is 55.2 Å². The first-order valence-corrected chi connectivity index (χ1v) is 15.5. The van der Waals surface area contributed by atoms with Crippen LogP contribution in [-0.4, -0.2) is 85.0 Å². The number of aliphatic hydroxyl groups is 1. The first-order valence-electron chi connectivity index (χ1n) is 15.5. The summed E-state index contributed by atoms with van der Waals surface area (Å²) in [4.78, 5) is 20.6. The maximum Gasteiger partial charge on any atom is 0.257 e. The minimum atomic E-state index is -2.50. The largest absolute Gasteiger partial charge is 0.489 e. The molecule has 2 aliphatic rings. The maximum absolute atomic E-state index is 12.8. The first-order chi connectivity index (χ1) is 21.9. The number of pyridine rings is 2. The molecule has 4 aromatic heterocycles. The molecule has 0 aromatic carbocycles. The predicted molar refractivity (Wildman–Crippen MR) is 168 cm³/mol. The van der Waals surface area contributed by atoms with E-state index in [1.54, 1.807) is 24.7 Å². The second-order valence-electron chi connectivity index (χ2n) is 11.9. The lowest BCUT2D eigenvalue weighted by molar-refractivity contribution is 0.114. The number of aliphatic hydroxyl groups excluding tert-OH is 1. The molecule has 13 heteroatoms. The molecule has 6 rings (SSSR count). The summed E-state index contributed by atoms with van der Waals surface area (Å²) in [6.07, 6.45) is 11.8. The lowest BCUT2D eigenvalue weighted by Crippen LogP contribution is -2.35. The van der Waals surface area contributed by atoms with Crippen LogP contribution < -0.4 is 15.4 Å². The van der Waals surface area contributed by atoms with Gasteiger partial charge in [-0.25, -0.2) is 23.7 Å². The highest BCUT2D eigenvalue weighted by Gasteiger charge is 2.23. The molecule has 2 atom stereocenters. The molecule has 0 spiro atoms. The van der Waals surface area contributed by atoms with Crippen LogP contribution in [0, 0.1) is 5.92 Å². The van der Waals surface area contributed by atoms with Crippen molar-refractivity contribution in [1.29, 1.82) is 0 Å². The molecule has 1 aliphatic heterocycles. The third-order valence-corrected chi connectivity index (χ3v) is 8.41. The number of hydrogen-bond acceptors (Lipinski definition) is 10. The molecule has 45 heavy (non-hydrogen) atoms. The number of nitrogens with one attached hydrogen (secondary N) is 2.